The highest BCUT2D eigenvalue weighted by atomic mass is 35.5. The Balaban J connectivity index is 1.23. The summed E-state index contributed by atoms with van der Waals surface area (Å²) in [5.41, 5.74) is 4.48. The second-order valence-corrected chi connectivity index (χ2v) is 11.9. The van der Waals surface area contributed by atoms with Crippen molar-refractivity contribution in [3.8, 4) is 11.3 Å². The van der Waals surface area contributed by atoms with Gasteiger partial charge in [0, 0.05) is 32.1 Å². The van der Waals surface area contributed by atoms with Crippen LogP contribution in [0.2, 0.25) is 5.02 Å². The number of nitrogens with one attached hydrogen (secondary N) is 3. The molecule has 7 nitrogen and oxygen atoms in total. The molecule has 0 atom stereocenters. The van der Waals surface area contributed by atoms with Gasteiger partial charge in [-0.15, -0.1) is 23.1 Å². The Hall–Kier alpha value is -4.70. The van der Waals surface area contributed by atoms with Gasteiger partial charge in [0.2, 0.25) is 5.91 Å². The van der Waals surface area contributed by atoms with Gasteiger partial charge in [-0.2, -0.15) is 0 Å². The van der Waals surface area contributed by atoms with Crippen molar-refractivity contribution in [1.82, 2.24) is 10.3 Å². The number of halogens is 1. The minimum Gasteiger partial charge on any atom is -0.321 e. The van der Waals surface area contributed by atoms with Crippen molar-refractivity contribution >= 4 is 69.3 Å². The number of amides is 3. The molecular weight excluding hydrogens is 612 g/mol. The maximum absolute atomic E-state index is 13.4. The summed E-state index contributed by atoms with van der Waals surface area (Å²) in [6.45, 7) is 2.03. The molecule has 0 radical (unpaired) electrons. The van der Waals surface area contributed by atoms with Gasteiger partial charge in [0.15, 0.2) is 5.13 Å². The van der Waals surface area contributed by atoms with E-state index in [0.29, 0.717) is 27.0 Å². The van der Waals surface area contributed by atoms with Gasteiger partial charge in [-0.3, -0.25) is 14.4 Å². The largest absolute Gasteiger partial charge is 0.321 e. The first-order valence-corrected chi connectivity index (χ1v) is 15.8. The Morgan fingerprint density at radius 1 is 0.886 bits per heavy atom. The SMILES string of the molecule is Cc1ccc(-c2csc(NC(=O)CSc3cccc(NC(=O)/C(=C\c4ccccc4Cl)NC(=O)c4ccccc4)c3)n2)cc1. The highest BCUT2D eigenvalue weighted by Gasteiger charge is 2.16. The maximum Gasteiger partial charge on any atom is 0.272 e. The van der Waals surface area contributed by atoms with Crippen molar-refractivity contribution in [3.63, 3.8) is 0 Å². The highest BCUT2D eigenvalue weighted by molar-refractivity contribution is 8.00. The quantitative estimate of drug-likeness (QED) is 0.107. The van der Waals surface area contributed by atoms with Crippen LogP contribution in [0.25, 0.3) is 17.3 Å². The standard InChI is InChI=1S/C34H27ClN4O3S2/c1-22-14-16-23(17-15-22)30-20-44-34(38-30)39-31(40)21-43-27-12-7-11-26(19-27)36-33(42)29(18-25-10-5-6-13-28(25)35)37-32(41)24-8-3-2-4-9-24/h2-20H,21H2,1H3,(H,36,42)(H,37,41)(H,38,39,40)/b29-18+. The number of aromatic nitrogens is 1. The summed E-state index contributed by atoms with van der Waals surface area (Å²) >= 11 is 9.02. The van der Waals surface area contributed by atoms with E-state index in [9.17, 15) is 14.4 Å². The van der Waals surface area contributed by atoms with Crippen molar-refractivity contribution in [2.45, 2.75) is 11.8 Å². The van der Waals surface area contributed by atoms with Gasteiger partial charge >= 0.3 is 0 Å². The summed E-state index contributed by atoms with van der Waals surface area (Å²) in [5.74, 6) is -0.993. The van der Waals surface area contributed by atoms with Crippen LogP contribution < -0.4 is 16.0 Å². The zero-order valence-corrected chi connectivity index (χ0v) is 25.9. The van der Waals surface area contributed by atoms with Gasteiger partial charge in [0.05, 0.1) is 11.4 Å². The lowest BCUT2D eigenvalue weighted by atomic mass is 10.1. The fourth-order valence-corrected chi connectivity index (χ4v) is 5.73. The van der Waals surface area contributed by atoms with Gasteiger partial charge < -0.3 is 16.0 Å². The van der Waals surface area contributed by atoms with Crippen molar-refractivity contribution in [1.29, 1.82) is 0 Å². The molecule has 3 amide bonds. The summed E-state index contributed by atoms with van der Waals surface area (Å²) in [5, 5.41) is 11.3. The number of hydrogen-bond donors (Lipinski definition) is 3. The number of benzene rings is 4. The summed E-state index contributed by atoms with van der Waals surface area (Å²) in [7, 11) is 0. The van der Waals surface area contributed by atoms with Crippen LogP contribution in [-0.4, -0.2) is 28.5 Å². The molecule has 10 heteroatoms. The molecule has 0 unspecified atom stereocenters. The summed E-state index contributed by atoms with van der Waals surface area (Å²) in [6.07, 6.45) is 1.53. The second kappa shape index (κ2) is 14.7. The van der Waals surface area contributed by atoms with E-state index in [2.05, 4.69) is 20.9 Å². The Morgan fingerprint density at radius 2 is 1.64 bits per heavy atom. The molecule has 0 fully saturated rings. The Labute approximate surface area is 268 Å². The molecule has 0 saturated heterocycles. The molecule has 5 aromatic rings. The van der Waals surface area contributed by atoms with Crippen LogP contribution in [0.5, 0.6) is 0 Å². The molecular formula is C34H27ClN4O3S2. The van der Waals surface area contributed by atoms with E-state index in [1.54, 1.807) is 72.8 Å². The molecule has 4 aromatic carbocycles. The van der Waals surface area contributed by atoms with E-state index in [1.165, 1.54) is 34.7 Å². The number of carbonyl (C=O) groups is 3. The normalized spacial score (nSPS) is 11.1. The van der Waals surface area contributed by atoms with Crippen LogP contribution in [0, 0.1) is 6.92 Å². The average Bonchev–Trinajstić information content (AvgIpc) is 3.50. The van der Waals surface area contributed by atoms with Gasteiger partial charge in [-0.1, -0.05) is 83.9 Å². The third-order valence-corrected chi connectivity index (χ3v) is 8.39. The number of aryl methyl sites for hydroxylation is 1. The summed E-state index contributed by atoms with van der Waals surface area (Å²) in [6, 6.07) is 30.8. The fourth-order valence-electron chi connectivity index (χ4n) is 4.04. The molecule has 0 spiro atoms. The van der Waals surface area contributed by atoms with Gasteiger partial charge in [-0.05, 0) is 55.0 Å². The number of hydrogen-bond acceptors (Lipinski definition) is 6. The first-order valence-electron chi connectivity index (χ1n) is 13.5. The Bertz CT molecular complexity index is 1820. The lowest BCUT2D eigenvalue weighted by Gasteiger charge is -2.12. The monoisotopic (exact) mass is 638 g/mol. The Morgan fingerprint density at radius 3 is 2.41 bits per heavy atom. The molecule has 0 saturated carbocycles. The zero-order valence-electron chi connectivity index (χ0n) is 23.5. The number of thioether (sulfide) groups is 1. The maximum atomic E-state index is 13.4. The third kappa shape index (κ3) is 8.44. The van der Waals surface area contributed by atoms with E-state index in [4.69, 9.17) is 11.6 Å². The fraction of sp³-hybridized carbons (Fsp3) is 0.0588. The molecule has 3 N–H and O–H groups in total. The van der Waals surface area contributed by atoms with E-state index in [0.717, 1.165) is 16.2 Å². The van der Waals surface area contributed by atoms with E-state index in [-0.39, 0.29) is 17.4 Å². The molecule has 5 rings (SSSR count). The number of anilines is 2. The molecule has 0 aliphatic rings. The van der Waals surface area contributed by atoms with Crippen molar-refractivity contribution in [2.24, 2.45) is 0 Å². The van der Waals surface area contributed by atoms with Gasteiger partial charge in [0.25, 0.3) is 11.8 Å². The predicted molar refractivity (Wildman–Crippen MR) is 180 cm³/mol. The van der Waals surface area contributed by atoms with Crippen molar-refractivity contribution < 1.29 is 14.4 Å². The topological polar surface area (TPSA) is 100 Å². The molecule has 44 heavy (non-hydrogen) atoms. The third-order valence-electron chi connectivity index (χ3n) is 6.29. The summed E-state index contributed by atoms with van der Waals surface area (Å²) < 4.78 is 0. The number of thiazole rings is 1. The number of carbonyl (C=O) groups excluding carboxylic acids is 3. The van der Waals surface area contributed by atoms with Crippen LogP contribution >= 0.6 is 34.7 Å². The van der Waals surface area contributed by atoms with E-state index >= 15 is 0 Å². The van der Waals surface area contributed by atoms with Crippen LogP contribution in [-0.2, 0) is 9.59 Å². The van der Waals surface area contributed by atoms with Gasteiger partial charge in [0.1, 0.15) is 5.70 Å². The lowest BCUT2D eigenvalue weighted by Crippen LogP contribution is -2.30. The number of nitrogens with zero attached hydrogens (tertiary/aromatic N) is 1. The smallest absolute Gasteiger partial charge is 0.272 e. The van der Waals surface area contributed by atoms with Crippen molar-refractivity contribution in [2.75, 3.05) is 16.4 Å². The zero-order chi connectivity index (χ0) is 30.9. The average molecular weight is 639 g/mol. The summed E-state index contributed by atoms with van der Waals surface area (Å²) in [4.78, 5) is 44.2. The minimum atomic E-state index is -0.526. The predicted octanol–water partition coefficient (Wildman–Crippen LogP) is 7.91. The molecule has 0 bridgehead atoms. The number of rotatable bonds is 10. The van der Waals surface area contributed by atoms with Crippen LogP contribution in [0.1, 0.15) is 21.5 Å². The lowest BCUT2D eigenvalue weighted by molar-refractivity contribution is -0.114. The molecule has 220 valence electrons. The van der Waals surface area contributed by atoms with E-state index < -0.39 is 11.8 Å². The van der Waals surface area contributed by atoms with Gasteiger partial charge in [-0.25, -0.2) is 4.98 Å². The second-order valence-electron chi connectivity index (χ2n) is 9.62. The molecule has 1 aromatic heterocycles. The minimum absolute atomic E-state index is 0.0258. The first kappa shape index (κ1) is 30.7. The van der Waals surface area contributed by atoms with E-state index in [1.807, 2.05) is 42.6 Å². The van der Waals surface area contributed by atoms with Crippen molar-refractivity contribution in [3.05, 3.63) is 136 Å². The molecule has 0 aliphatic heterocycles. The van der Waals surface area contributed by atoms with Crippen LogP contribution in [0.15, 0.2) is 119 Å². The Kier molecular flexibility index (Phi) is 10.2. The van der Waals surface area contributed by atoms with Crippen LogP contribution in [0.3, 0.4) is 0 Å². The molecule has 0 aliphatic carbocycles. The molecule has 1 heterocycles. The first-order chi connectivity index (χ1) is 21.3. The van der Waals surface area contributed by atoms with Crippen LogP contribution in [0.4, 0.5) is 10.8 Å². The highest BCUT2D eigenvalue weighted by Crippen LogP contribution is 2.27.